The average Bonchev–Trinajstić information content (AvgIpc) is 2.47. The summed E-state index contributed by atoms with van der Waals surface area (Å²) in [6.45, 7) is 1.15. The van der Waals surface area contributed by atoms with Crippen LogP contribution in [0.3, 0.4) is 0 Å². The van der Waals surface area contributed by atoms with Crippen LogP contribution in [0.4, 0.5) is 10.5 Å². The highest BCUT2D eigenvalue weighted by atomic mass is 79.9. The van der Waals surface area contributed by atoms with Gasteiger partial charge in [-0.2, -0.15) is 0 Å². The van der Waals surface area contributed by atoms with Gasteiger partial charge in [0.15, 0.2) is 0 Å². The van der Waals surface area contributed by atoms with E-state index in [1.807, 2.05) is 18.2 Å². The second kappa shape index (κ2) is 6.04. The van der Waals surface area contributed by atoms with Crippen molar-refractivity contribution in [3.8, 4) is 5.75 Å². The number of hydrogen-bond donors (Lipinski definition) is 1. The molecule has 0 radical (unpaired) electrons. The highest BCUT2D eigenvalue weighted by molar-refractivity contribution is 9.10. The van der Waals surface area contributed by atoms with E-state index >= 15 is 0 Å². The van der Waals surface area contributed by atoms with Gasteiger partial charge >= 0.3 is 6.03 Å². The van der Waals surface area contributed by atoms with Gasteiger partial charge in [-0.1, -0.05) is 35.2 Å². The van der Waals surface area contributed by atoms with Crippen LogP contribution in [0.5, 0.6) is 5.75 Å². The van der Waals surface area contributed by atoms with Crippen LogP contribution in [0.25, 0.3) is 0 Å². The Morgan fingerprint density at radius 3 is 2.90 bits per heavy atom. The lowest BCUT2D eigenvalue weighted by atomic mass is 9.96. The number of nitrogens with zero attached hydrogens (tertiary/aromatic N) is 1. The number of benzene rings is 1. The molecule has 3 rings (SSSR count). The molecule has 0 aromatic heterocycles. The van der Waals surface area contributed by atoms with Gasteiger partial charge in [0.2, 0.25) is 0 Å². The maximum atomic E-state index is 12.5. The summed E-state index contributed by atoms with van der Waals surface area (Å²) in [6, 6.07) is 6.10. The Hall–Kier alpha value is -1.23. The van der Waals surface area contributed by atoms with Gasteiger partial charge in [-0.3, -0.25) is 4.90 Å². The molecule has 2 amide bonds. The molecule has 0 spiro atoms. The van der Waals surface area contributed by atoms with Crippen molar-refractivity contribution in [1.82, 2.24) is 5.32 Å². The normalized spacial score (nSPS) is 19.1. The monoisotopic (exact) mass is 338 g/mol. The third kappa shape index (κ3) is 2.92. The van der Waals surface area contributed by atoms with E-state index in [0.29, 0.717) is 19.2 Å². The summed E-state index contributed by atoms with van der Waals surface area (Å²) < 4.78 is 6.56. The average molecular weight is 339 g/mol. The van der Waals surface area contributed by atoms with Gasteiger partial charge in [-0.15, -0.1) is 0 Å². The maximum absolute atomic E-state index is 12.5. The van der Waals surface area contributed by atoms with E-state index in [1.54, 1.807) is 4.90 Å². The van der Waals surface area contributed by atoms with E-state index in [0.717, 1.165) is 28.8 Å². The minimum atomic E-state index is -0.000417. The van der Waals surface area contributed by atoms with Crippen molar-refractivity contribution in [3.63, 3.8) is 0 Å². The molecule has 0 saturated heterocycles. The van der Waals surface area contributed by atoms with Crippen LogP contribution in [-0.2, 0) is 0 Å². The summed E-state index contributed by atoms with van der Waals surface area (Å²) in [7, 11) is 0. The molecule has 4 nitrogen and oxygen atoms in total. The van der Waals surface area contributed by atoms with Crippen molar-refractivity contribution in [2.24, 2.45) is 0 Å². The molecule has 0 atom stereocenters. The molecule has 1 aromatic rings. The zero-order chi connectivity index (χ0) is 13.9. The highest BCUT2D eigenvalue weighted by Gasteiger charge is 2.26. The lowest BCUT2D eigenvalue weighted by Gasteiger charge is -2.32. The van der Waals surface area contributed by atoms with Crippen molar-refractivity contribution < 1.29 is 9.53 Å². The fourth-order valence-electron chi connectivity index (χ4n) is 2.90. The molecule has 2 aliphatic rings. The Bertz CT molecular complexity index is 501. The summed E-state index contributed by atoms with van der Waals surface area (Å²) in [5.41, 5.74) is 0.846. The van der Waals surface area contributed by atoms with Gasteiger partial charge in [0.05, 0.1) is 12.2 Å². The van der Waals surface area contributed by atoms with Gasteiger partial charge in [-0.05, 0) is 31.0 Å². The highest BCUT2D eigenvalue weighted by Crippen LogP contribution is 2.34. The number of ether oxygens (including phenoxy) is 1. The lowest BCUT2D eigenvalue weighted by Crippen LogP contribution is -2.48. The van der Waals surface area contributed by atoms with Crippen LogP contribution < -0.4 is 15.0 Å². The number of halogens is 1. The standard InChI is InChI=1S/C15H19BrN2O2/c16-11-6-7-14-13(10-11)18(8-9-20-14)15(19)17-12-4-2-1-3-5-12/h6-7,10,12H,1-5,8-9H2,(H,17,19). The number of carbonyl (C=O) groups excluding carboxylic acids is 1. The van der Waals surface area contributed by atoms with Crippen LogP contribution in [0.15, 0.2) is 22.7 Å². The van der Waals surface area contributed by atoms with Crippen molar-refractivity contribution in [3.05, 3.63) is 22.7 Å². The lowest BCUT2D eigenvalue weighted by molar-refractivity contribution is 0.232. The van der Waals surface area contributed by atoms with Gasteiger partial charge in [-0.25, -0.2) is 4.79 Å². The van der Waals surface area contributed by atoms with Gasteiger partial charge < -0.3 is 10.1 Å². The third-order valence-corrected chi connectivity index (χ3v) is 4.46. The quantitative estimate of drug-likeness (QED) is 0.848. The molecule has 1 aromatic carbocycles. The summed E-state index contributed by atoms with van der Waals surface area (Å²) in [5, 5.41) is 3.17. The fourth-order valence-corrected chi connectivity index (χ4v) is 3.25. The number of anilines is 1. The molecular weight excluding hydrogens is 320 g/mol. The van der Waals surface area contributed by atoms with Gasteiger partial charge in [0.1, 0.15) is 12.4 Å². The number of nitrogens with one attached hydrogen (secondary N) is 1. The fraction of sp³-hybridized carbons (Fsp3) is 0.533. The van der Waals surface area contributed by atoms with Crippen LogP contribution >= 0.6 is 15.9 Å². The number of urea groups is 1. The molecule has 5 heteroatoms. The molecule has 20 heavy (non-hydrogen) atoms. The first kappa shape index (κ1) is 13.7. The molecule has 108 valence electrons. The molecular formula is C15H19BrN2O2. The number of rotatable bonds is 1. The first-order valence-corrected chi connectivity index (χ1v) is 8.04. The Balaban J connectivity index is 1.74. The van der Waals surface area contributed by atoms with Gasteiger partial charge in [0, 0.05) is 10.5 Å². The van der Waals surface area contributed by atoms with E-state index in [1.165, 1.54) is 19.3 Å². The SMILES string of the molecule is O=C(NC1CCCCC1)N1CCOc2ccc(Br)cc21. The predicted molar refractivity (Wildman–Crippen MR) is 82.4 cm³/mol. The molecule has 1 saturated carbocycles. The van der Waals surface area contributed by atoms with E-state index in [-0.39, 0.29) is 6.03 Å². The summed E-state index contributed by atoms with van der Waals surface area (Å²) in [6.07, 6.45) is 5.93. The Morgan fingerprint density at radius 2 is 2.10 bits per heavy atom. The molecule has 1 aliphatic carbocycles. The van der Waals surface area contributed by atoms with Crippen molar-refractivity contribution in [2.75, 3.05) is 18.1 Å². The molecule has 1 fully saturated rings. The zero-order valence-electron chi connectivity index (χ0n) is 11.4. The minimum absolute atomic E-state index is 0.000417. The topological polar surface area (TPSA) is 41.6 Å². The Kier molecular flexibility index (Phi) is 4.15. The zero-order valence-corrected chi connectivity index (χ0v) is 13.0. The van der Waals surface area contributed by atoms with E-state index in [2.05, 4.69) is 21.2 Å². The van der Waals surface area contributed by atoms with Crippen molar-refractivity contribution in [1.29, 1.82) is 0 Å². The Labute approximate surface area is 127 Å². The van der Waals surface area contributed by atoms with Crippen molar-refractivity contribution in [2.45, 2.75) is 38.1 Å². The van der Waals surface area contributed by atoms with Crippen molar-refractivity contribution >= 4 is 27.6 Å². The Morgan fingerprint density at radius 1 is 1.30 bits per heavy atom. The molecule has 1 aliphatic heterocycles. The largest absolute Gasteiger partial charge is 0.490 e. The van der Waals surface area contributed by atoms with E-state index < -0.39 is 0 Å². The number of amides is 2. The number of hydrogen-bond acceptors (Lipinski definition) is 2. The summed E-state index contributed by atoms with van der Waals surface area (Å²) in [4.78, 5) is 14.3. The summed E-state index contributed by atoms with van der Waals surface area (Å²) in [5.74, 6) is 0.776. The number of carbonyl (C=O) groups is 1. The van der Waals surface area contributed by atoms with Crippen LogP contribution in [-0.4, -0.2) is 25.2 Å². The van der Waals surface area contributed by atoms with Gasteiger partial charge in [0.25, 0.3) is 0 Å². The van der Waals surface area contributed by atoms with Crippen LogP contribution in [0.2, 0.25) is 0 Å². The smallest absolute Gasteiger partial charge is 0.322 e. The second-order valence-electron chi connectivity index (χ2n) is 5.40. The minimum Gasteiger partial charge on any atom is -0.490 e. The van der Waals surface area contributed by atoms with Crippen LogP contribution in [0, 0.1) is 0 Å². The first-order chi connectivity index (χ1) is 9.74. The first-order valence-electron chi connectivity index (χ1n) is 7.24. The molecule has 0 bridgehead atoms. The van der Waals surface area contributed by atoms with E-state index in [4.69, 9.17) is 4.74 Å². The van der Waals surface area contributed by atoms with Crippen LogP contribution in [0.1, 0.15) is 32.1 Å². The third-order valence-electron chi connectivity index (χ3n) is 3.96. The molecule has 1 heterocycles. The molecule has 1 N–H and O–H groups in total. The predicted octanol–water partition coefficient (Wildman–Crippen LogP) is 3.69. The molecule has 0 unspecified atom stereocenters. The summed E-state index contributed by atoms with van der Waals surface area (Å²) >= 11 is 3.45. The van der Waals surface area contributed by atoms with E-state index in [9.17, 15) is 4.79 Å². The maximum Gasteiger partial charge on any atom is 0.322 e. The second-order valence-corrected chi connectivity index (χ2v) is 6.31. The number of fused-ring (bicyclic) bond motifs is 1.